The molecule has 1 aromatic heterocycles. The third-order valence-electron chi connectivity index (χ3n) is 3.76. The second-order valence-corrected chi connectivity index (χ2v) is 8.10. The molecule has 0 unspecified atom stereocenters. The van der Waals surface area contributed by atoms with Gasteiger partial charge in [0, 0.05) is 35.5 Å². The average Bonchev–Trinajstić information content (AvgIpc) is 3.01. The molecule has 1 amide bonds. The van der Waals surface area contributed by atoms with E-state index in [-0.39, 0.29) is 11.2 Å². The molecule has 2 aromatic rings. The van der Waals surface area contributed by atoms with Crippen molar-refractivity contribution in [2.75, 3.05) is 36.5 Å². The Morgan fingerprint density at radius 2 is 2.04 bits per heavy atom. The standard InChI is InChI=1S/C17H21N3O2S2/c1-12-11-23-17(18-12)24-13(2)16(21)19-14-3-5-15(6-4-14)20-7-9-22-10-8-20/h3-6,11,13H,7-10H2,1-2H3,(H,19,21)/t13-/m1/s1. The number of morpholine rings is 1. The zero-order valence-electron chi connectivity index (χ0n) is 13.8. The summed E-state index contributed by atoms with van der Waals surface area (Å²) in [4.78, 5) is 19.0. The van der Waals surface area contributed by atoms with Gasteiger partial charge in [0.25, 0.3) is 0 Å². The van der Waals surface area contributed by atoms with Crippen LogP contribution < -0.4 is 10.2 Å². The molecule has 1 fully saturated rings. The van der Waals surface area contributed by atoms with Crippen molar-refractivity contribution < 1.29 is 9.53 Å². The fourth-order valence-corrected chi connectivity index (χ4v) is 4.40. The summed E-state index contributed by atoms with van der Waals surface area (Å²) in [5.74, 6) is -0.00743. The van der Waals surface area contributed by atoms with Crippen LogP contribution in [0.2, 0.25) is 0 Å². The lowest BCUT2D eigenvalue weighted by molar-refractivity contribution is -0.115. The van der Waals surface area contributed by atoms with E-state index >= 15 is 0 Å². The molecule has 0 spiro atoms. The molecule has 0 aliphatic carbocycles. The Morgan fingerprint density at radius 3 is 2.67 bits per heavy atom. The molecule has 128 valence electrons. The molecule has 1 aliphatic heterocycles. The first-order valence-corrected chi connectivity index (χ1v) is 9.70. The SMILES string of the molecule is Cc1csc(S[C@H](C)C(=O)Nc2ccc(N3CCOCC3)cc2)n1. The second kappa shape index (κ2) is 8.00. The number of thioether (sulfide) groups is 1. The highest BCUT2D eigenvalue weighted by atomic mass is 32.2. The second-order valence-electron chi connectivity index (χ2n) is 5.65. The molecule has 7 heteroatoms. The van der Waals surface area contributed by atoms with Crippen LogP contribution in [0.15, 0.2) is 34.0 Å². The van der Waals surface area contributed by atoms with Crippen LogP contribution in [0.5, 0.6) is 0 Å². The first-order chi connectivity index (χ1) is 11.6. The summed E-state index contributed by atoms with van der Waals surface area (Å²) in [6.07, 6.45) is 0. The van der Waals surface area contributed by atoms with Gasteiger partial charge in [0.15, 0.2) is 4.34 Å². The number of amides is 1. The highest BCUT2D eigenvalue weighted by Gasteiger charge is 2.17. The molecule has 1 aliphatic rings. The molecule has 2 heterocycles. The lowest BCUT2D eigenvalue weighted by Crippen LogP contribution is -2.36. The number of ether oxygens (including phenoxy) is 1. The minimum atomic E-state index is -0.186. The van der Waals surface area contributed by atoms with E-state index in [2.05, 4.69) is 15.2 Å². The van der Waals surface area contributed by atoms with Gasteiger partial charge in [-0.3, -0.25) is 4.79 Å². The molecular weight excluding hydrogens is 342 g/mol. The topological polar surface area (TPSA) is 54.5 Å². The highest BCUT2D eigenvalue weighted by Crippen LogP contribution is 2.27. The zero-order chi connectivity index (χ0) is 16.9. The van der Waals surface area contributed by atoms with Crippen molar-refractivity contribution in [3.8, 4) is 0 Å². The predicted molar refractivity (Wildman–Crippen MR) is 100 cm³/mol. The summed E-state index contributed by atoms with van der Waals surface area (Å²) in [5.41, 5.74) is 2.98. The van der Waals surface area contributed by atoms with Gasteiger partial charge in [-0.2, -0.15) is 0 Å². The normalized spacial score (nSPS) is 16.0. The van der Waals surface area contributed by atoms with Crippen molar-refractivity contribution in [3.63, 3.8) is 0 Å². The smallest absolute Gasteiger partial charge is 0.237 e. The van der Waals surface area contributed by atoms with E-state index in [9.17, 15) is 4.79 Å². The fraction of sp³-hybridized carbons (Fsp3) is 0.412. The van der Waals surface area contributed by atoms with Crippen LogP contribution in [0.1, 0.15) is 12.6 Å². The summed E-state index contributed by atoms with van der Waals surface area (Å²) in [6, 6.07) is 7.99. The lowest BCUT2D eigenvalue weighted by atomic mass is 10.2. The van der Waals surface area contributed by atoms with Crippen LogP contribution in [0.4, 0.5) is 11.4 Å². The molecule has 3 rings (SSSR count). The van der Waals surface area contributed by atoms with Crippen LogP contribution in [-0.4, -0.2) is 42.4 Å². The molecule has 1 saturated heterocycles. The van der Waals surface area contributed by atoms with E-state index in [1.54, 1.807) is 11.3 Å². The fourth-order valence-electron chi connectivity index (χ4n) is 2.41. The molecule has 1 N–H and O–H groups in total. The number of benzene rings is 1. The summed E-state index contributed by atoms with van der Waals surface area (Å²) in [6.45, 7) is 7.21. The van der Waals surface area contributed by atoms with Gasteiger partial charge >= 0.3 is 0 Å². The Balaban J connectivity index is 1.55. The Morgan fingerprint density at radius 1 is 1.33 bits per heavy atom. The van der Waals surface area contributed by atoms with Crippen LogP contribution >= 0.6 is 23.1 Å². The summed E-state index contributed by atoms with van der Waals surface area (Å²) < 4.78 is 6.30. The Bertz CT molecular complexity index is 681. The van der Waals surface area contributed by atoms with Crippen molar-refractivity contribution in [1.82, 2.24) is 4.98 Å². The predicted octanol–water partition coefficient (Wildman–Crippen LogP) is 3.41. The number of hydrogen-bond acceptors (Lipinski definition) is 6. The minimum Gasteiger partial charge on any atom is -0.378 e. The van der Waals surface area contributed by atoms with Crippen molar-refractivity contribution in [3.05, 3.63) is 35.3 Å². The maximum atomic E-state index is 12.3. The van der Waals surface area contributed by atoms with Crippen LogP contribution in [0.25, 0.3) is 0 Å². The number of hydrogen-bond donors (Lipinski definition) is 1. The molecule has 0 radical (unpaired) electrons. The molecule has 1 aromatic carbocycles. The van der Waals surface area contributed by atoms with Crippen LogP contribution in [0, 0.1) is 6.92 Å². The number of carbonyl (C=O) groups excluding carboxylic acids is 1. The van der Waals surface area contributed by atoms with Gasteiger partial charge in [-0.1, -0.05) is 11.8 Å². The first kappa shape index (κ1) is 17.3. The molecular formula is C17H21N3O2S2. The van der Waals surface area contributed by atoms with Crippen molar-refractivity contribution in [1.29, 1.82) is 0 Å². The van der Waals surface area contributed by atoms with E-state index in [0.717, 1.165) is 47.7 Å². The van der Waals surface area contributed by atoms with Crippen LogP contribution in [-0.2, 0) is 9.53 Å². The number of nitrogens with zero attached hydrogens (tertiary/aromatic N) is 2. The maximum Gasteiger partial charge on any atom is 0.237 e. The van der Waals surface area contributed by atoms with Crippen LogP contribution in [0.3, 0.4) is 0 Å². The van der Waals surface area contributed by atoms with Gasteiger partial charge < -0.3 is 15.0 Å². The highest BCUT2D eigenvalue weighted by molar-refractivity contribution is 8.02. The largest absolute Gasteiger partial charge is 0.378 e. The average molecular weight is 364 g/mol. The summed E-state index contributed by atoms with van der Waals surface area (Å²) in [5, 5.41) is 4.78. The van der Waals surface area contributed by atoms with E-state index in [1.165, 1.54) is 11.8 Å². The first-order valence-electron chi connectivity index (χ1n) is 7.94. The minimum absolute atomic E-state index is 0.00743. The number of nitrogens with one attached hydrogen (secondary N) is 1. The van der Waals surface area contributed by atoms with Gasteiger partial charge in [-0.05, 0) is 38.1 Å². The van der Waals surface area contributed by atoms with E-state index in [4.69, 9.17) is 4.74 Å². The summed E-state index contributed by atoms with van der Waals surface area (Å²) in [7, 11) is 0. The molecule has 24 heavy (non-hydrogen) atoms. The number of aryl methyl sites for hydroxylation is 1. The van der Waals surface area contributed by atoms with E-state index in [0.29, 0.717) is 0 Å². The Labute approximate surface area is 150 Å². The molecule has 0 saturated carbocycles. The van der Waals surface area contributed by atoms with Gasteiger partial charge in [0.05, 0.1) is 18.5 Å². The Kier molecular flexibility index (Phi) is 5.76. The van der Waals surface area contributed by atoms with Gasteiger partial charge in [-0.15, -0.1) is 11.3 Å². The maximum absolute atomic E-state index is 12.3. The molecule has 5 nitrogen and oxygen atoms in total. The summed E-state index contributed by atoms with van der Waals surface area (Å²) >= 11 is 3.07. The van der Waals surface area contributed by atoms with Crippen molar-refractivity contribution in [2.45, 2.75) is 23.4 Å². The van der Waals surface area contributed by atoms with Gasteiger partial charge in [0.2, 0.25) is 5.91 Å². The third kappa shape index (κ3) is 4.49. The molecule has 1 atom stereocenters. The quantitative estimate of drug-likeness (QED) is 0.825. The number of anilines is 2. The number of carbonyl (C=O) groups is 1. The van der Waals surface area contributed by atoms with Crippen molar-refractivity contribution >= 4 is 40.4 Å². The van der Waals surface area contributed by atoms with Gasteiger partial charge in [0.1, 0.15) is 0 Å². The van der Waals surface area contributed by atoms with E-state index < -0.39 is 0 Å². The zero-order valence-corrected chi connectivity index (χ0v) is 15.5. The third-order valence-corrected chi connectivity index (χ3v) is 5.95. The van der Waals surface area contributed by atoms with E-state index in [1.807, 2.05) is 43.5 Å². The number of thiazole rings is 1. The number of rotatable bonds is 5. The number of aromatic nitrogens is 1. The Hall–Kier alpha value is -1.57. The van der Waals surface area contributed by atoms with Gasteiger partial charge in [-0.25, -0.2) is 4.98 Å². The molecule has 0 bridgehead atoms. The lowest BCUT2D eigenvalue weighted by Gasteiger charge is -2.28. The monoisotopic (exact) mass is 363 g/mol. The van der Waals surface area contributed by atoms with Crippen molar-refractivity contribution in [2.24, 2.45) is 0 Å².